The minimum atomic E-state index is -1.03. The Labute approximate surface area is 104 Å². The van der Waals surface area contributed by atoms with Crippen molar-refractivity contribution in [2.24, 2.45) is 0 Å². The number of carbonyl (C=O) groups excluding carboxylic acids is 1. The van der Waals surface area contributed by atoms with E-state index in [1.807, 2.05) is 0 Å². The molecule has 96 valence electrons. The monoisotopic (exact) mass is 250 g/mol. The molecular weight excluding hydrogens is 236 g/mol. The minimum absolute atomic E-state index is 0.0633. The molecule has 0 bridgehead atoms. The summed E-state index contributed by atoms with van der Waals surface area (Å²) in [6.07, 6.45) is 1.99. The van der Waals surface area contributed by atoms with Gasteiger partial charge in [0, 0.05) is 6.20 Å². The summed E-state index contributed by atoms with van der Waals surface area (Å²) in [5, 5.41) is 11.2. The standard InChI is InChI=1S/C12H14N2O4/c1-2-7-18-12(17)14-10(8-11(15)16)9-5-3-4-6-13-9/h2-6,10H,1,7-8H2,(H,14,17)(H,15,16). The van der Waals surface area contributed by atoms with Gasteiger partial charge in [-0.05, 0) is 12.1 Å². The Hall–Kier alpha value is -2.37. The third kappa shape index (κ3) is 4.65. The summed E-state index contributed by atoms with van der Waals surface area (Å²) in [7, 11) is 0. The highest BCUT2D eigenvalue weighted by molar-refractivity contribution is 5.71. The van der Waals surface area contributed by atoms with Gasteiger partial charge < -0.3 is 15.2 Å². The molecule has 0 fully saturated rings. The van der Waals surface area contributed by atoms with Gasteiger partial charge in [0.25, 0.3) is 0 Å². The van der Waals surface area contributed by atoms with Gasteiger partial charge in [0.05, 0.1) is 18.2 Å². The molecule has 0 spiro atoms. The fourth-order valence-corrected chi connectivity index (χ4v) is 1.30. The molecule has 6 heteroatoms. The number of carbonyl (C=O) groups is 2. The van der Waals surface area contributed by atoms with E-state index < -0.39 is 18.1 Å². The Kier molecular flexibility index (Phi) is 5.37. The molecule has 1 atom stereocenters. The number of hydrogen-bond donors (Lipinski definition) is 2. The molecule has 0 saturated carbocycles. The van der Waals surface area contributed by atoms with Crippen LogP contribution >= 0.6 is 0 Å². The van der Waals surface area contributed by atoms with Crippen molar-refractivity contribution < 1.29 is 19.4 Å². The van der Waals surface area contributed by atoms with Gasteiger partial charge in [0.1, 0.15) is 6.61 Å². The fraction of sp³-hybridized carbons (Fsp3) is 0.250. The number of aliphatic carboxylic acids is 1. The van der Waals surface area contributed by atoms with Crippen LogP contribution in [-0.4, -0.2) is 28.8 Å². The van der Waals surface area contributed by atoms with E-state index in [1.165, 1.54) is 12.3 Å². The van der Waals surface area contributed by atoms with Crippen LogP contribution in [0.4, 0.5) is 4.79 Å². The average Bonchev–Trinajstić information content (AvgIpc) is 2.36. The van der Waals surface area contributed by atoms with Crippen LogP contribution in [0.15, 0.2) is 37.1 Å². The largest absolute Gasteiger partial charge is 0.481 e. The SMILES string of the molecule is C=CCOC(=O)NC(CC(=O)O)c1ccccn1. The average molecular weight is 250 g/mol. The van der Waals surface area contributed by atoms with Crippen molar-refractivity contribution in [1.29, 1.82) is 0 Å². The predicted molar refractivity (Wildman–Crippen MR) is 63.9 cm³/mol. The van der Waals surface area contributed by atoms with Crippen LogP contribution in [0.5, 0.6) is 0 Å². The van der Waals surface area contributed by atoms with Crippen molar-refractivity contribution in [3.63, 3.8) is 0 Å². The molecule has 1 rings (SSSR count). The van der Waals surface area contributed by atoms with Crippen LogP contribution in [0.3, 0.4) is 0 Å². The highest BCUT2D eigenvalue weighted by Crippen LogP contribution is 2.14. The van der Waals surface area contributed by atoms with Crippen LogP contribution in [0.1, 0.15) is 18.2 Å². The third-order valence-corrected chi connectivity index (χ3v) is 2.05. The van der Waals surface area contributed by atoms with E-state index in [1.54, 1.807) is 18.2 Å². The molecule has 1 heterocycles. The molecule has 0 radical (unpaired) electrons. The van der Waals surface area contributed by atoms with E-state index in [0.717, 1.165) is 0 Å². The molecule has 6 nitrogen and oxygen atoms in total. The Morgan fingerprint density at radius 1 is 1.56 bits per heavy atom. The number of pyridine rings is 1. The molecule has 18 heavy (non-hydrogen) atoms. The second kappa shape index (κ2) is 7.05. The summed E-state index contributed by atoms with van der Waals surface area (Å²) in [5.41, 5.74) is 0.468. The summed E-state index contributed by atoms with van der Waals surface area (Å²) in [6.45, 7) is 3.47. The van der Waals surface area contributed by atoms with E-state index >= 15 is 0 Å². The molecule has 0 saturated heterocycles. The van der Waals surface area contributed by atoms with Crippen LogP contribution < -0.4 is 5.32 Å². The Bertz CT molecular complexity index is 419. The third-order valence-electron chi connectivity index (χ3n) is 2.05. The number of hydrogen-bond acceptors (Lipinski definition) is 4. The molecule has 0 aliphatic rings. The van der Waals surface area contributed by atoms with E-state index in [-0.39, 0.29) is 13.0 Å². The molecule has 2 N–H and O–H groups in total. The lowest BCUT2D eigenvalue weighted by molar-refractivity contribution is -0.137. The summed E-state index contributed by atoms with van der Waals surface area (Å²) < 4.78 is 4.74. The summed E-state index contributed by atoms with van der Waals surface area (Å²) in [5.74, 6) is -1.03. The maximum absolute atomic E-state index is 11.4. The Morgan fingerprint density at radius 2 is 2.33 bits per heavy atom. The zero-order chi connectivity index (χ0) is 13.4. The van der Waals surface area contributed by atoms with Gasteiger partial charge in [-0.2, -0.15) is 0 Å². The molecule has 0 aliphatic heterocycles. The van der Waals surface area contributed by atoms with E-state index in [0.29, 0.717) is 5.69 Å². The van der Waals surface area contributed by atoms with E-state index in [2.05, 4.69) is 16.9 Å². The topological polar surface area (TPSA) is 88.5 Å². The number of rotatable bonds is 6. The fourth-order valence-electron chi connectivity index (χ4n) is 1.30. The van der Waals surface area contributed by atoms with Crippen molar-refractivity contribution in [3.05, 3.63) is 42.7 Å². The van der Waals surface area contributed by atoms with E-state index in [9.17, 15) is 9.59 Å². The summed E-state index contributed by atoms with van der Waals surface area (Å²) >= 11 is 0. The molecule has 0 aliphatic carbocycles. The number of carboxylic acid groups (broad SMARTS) is 1. The molecule has 1 unspecified atom stereocenters. The molecule has 1 amide bonds. The van der Waals surface area contributed by atoms with Gasteiger partial charge in [-0.15, -0.1) is 0 Å². The quantitative estimate of drug-likeness (QED) is 0.747. The van der Waals surface area contributed by atoms with Gasteiger partial charge in [0.15, 0.2) is 0 Å². The minimum Gasteiger partial charge on any atom is -0.481 e. The van der Waals surface area contributed by atoms with Gasteiger partial charge in [0.2, 0.25) is 0 Å². The smallest absolute Gasteiger partial charge is 0.407 e. The normalized spacial score (nSPS) is 11.3. The first kappa shape index (κ1) is 13.7. The maximum Gasteiger partial charge on any atom is 0.407 e. The lowest BCUT2D eigenvalue weighted by atomic mass is 10.1. The number of ether oxygens (including phenoxy) is 1. The number of alkyl carbamates (subject to hydrolysis) is 1. The first-order chi connectivity index (χ1) is 8.63. The summed E-state index contributed by atoms with van der Waals surface area (Å²) in [6, 6.07) is 4.34. The van der Waals surface area contributed by atoms with Crippen molar-refractivity contribution in [3.8, 4) is 0 Å². The lowest BCUT2D eigenvalue weighted by Crippen LogP contribution is -2.31. The number of nitrogens with one attached hydrogen (secondary N) is 1. The van der Waals surface area contributed by atoms with Crippen LogP contribution in [0, 0.1) is 0 Å². The maximum atomic E-state index is 11.4. The zero-order valence-electron chi connectivity index (χ0n) is 9.70. The van der Waals surface area contributed by atoms with Crippen molar-refractivity contribution in [2.45, 2.75) is 12.5 Å². The van der Waals surface area contributed by atoms with Gasteiger partial charge in [-0.25, -0.2) is 4.79 Å². The number of amides is 1. The van der Waals surface area contributed by atoms with Crippen LogP contribution in [0.2, 0.25) is 0 Å². The highest BCUT2D eigenvalue weighted by Gasteiger charge is 2.19. The number of carboxylic acids is 1. The molecular formula is C12H14N2O4. The lowest BCUT2D eigenvalue weighted by Gasteiger charge is -2.15. The summed E-state index contributed by atoms with van der Waals surface area (Å²) in [4.78, 5) is 26.1. The molecule has 1 aromatic rings. The molecule has 0 aromatic carbocycles. The predicted octanol–water partition coefficient (Wildman–Crippen LogP) is 1.51. The van der Waals surface area contributed by atoms with Gasteiger partial charge in [-0.3, -0.25) is 9.78 Å². The van der Waals surface area contributed by atoms with Gasteiger partial charge in [-0.1, -0.05) is 18.7 Å². The Morgan fingerprint density at radius 3 is 2.89 bits per heavy atom. The van der Waals surface area contributed by atoms with E-state index in [4.69, 9.17) is 9.84 Å². The van der Waals surface area contributed by atoms with Crippen LogP contribution in [0.25, 0.3) is 0 Å². The molecule has 1 aromatic heterocycles. The number of aromatic nitrogens is 1. The van der Waals surface area contributed by atoms with Crippen molar-refractivity contribution >= 4 is 12.1 Å². The first-order valence-electron chi connectivity index (χ1n) is 5.30. The first-order valence-corrected chi connectivity index (χ1v) is 5.30. The highest BCUT2D eigenvalue weighted by atomic mass is 16.5. The van der Waals surface area contributed by atoms with Crippen LogP contribution in [-0.2, 0) is 9.53 Å². The van der Waals surface area contributed by atoms with Crippen molar-refractivity contribution in [1.82, 2.24) is 10.3 Å². The van der Waals surface area contributed by atoms with Crippen molar-refractivity contribution in [2.75, 3.05) is 6.61 Å². The number of nitrogens with zero attached hydrogens (tertiary/aromatic N) is 1. The second-order valence-electron chi connectivity index (χ2n) is 3.44. The zero-order valence-corrected chi connectivity index (χ0v) is 9.70. The second-order valence-corrected chi connectivity index (χ2v) is 3.44. The Balaban J connectivity index is 2.70. The van der Waals surface area contributed by atoms with Gasteiger partial charge >= 0.3 is 12.1 Å².